The van der Waals surface area contributed by atoms with Crippen molar-refractivity contribution in [1.29, 1.82) is 5.26 Å². The number of ether oxygens (including phenoxy) is 1. The number of benzene rings is 1. The van der Waals surface area contributed by atoms with E-state index in [1.54, 1.807) is 6.07 Å². The first kappa shape index (κ1) is 10.8. The summed E-state index contributed by atoms with van der Waals surface area (Å²) in [5.74, 6) is 0.604. The average Bonchev–Trinajstić information content (AvgIpc) is 2.23. The highest BCUT2D eigenvalue weighted by atomic mass is 16.5. The monoisotopic (exact) mass is 217 g/mol. The number of hydrogen-bond donors (Lipinski definition) is 1. The third kappa shape index (κ3) is 1.51. The lowest BCUT2D eigenvalue weighted by molar-refractivity contribution is 0.291. The van der Waals surface area contributed by atoms with Gasteiger partial charge < -0.3 is 9.84 Å². The molecule has 0 spiro atoms. The molecule has 84 valence electrons. The number of aromatic hydroxyl groups is 1. The van der Waals surface area contributed by atoms with Gasteiger partial charge in [-0.05, 0) is 32.3 Å². The van der Waals surface area contributed by atoms with Crippen LogP contribution >= 0.6 is 0 Å². The number of nitriles is 1. The Hall–Kier alpha value is -1.69. The van der Waals surface area contributed by atoms with E-state index in [4.69, 9.17) is 4.74 Å². The van der Waals surface area contributed by atoms with Gasteiger partial charge in [0.15, 0.2) is 11.5 Å². The third-order valence-electron chi connectivity index (χ3n) is 3.24. The van der Waals surface area contributed by atoms with Crippen molar-refractivity contribution >= 4 is 0 Å². The van der Waals surface area contributed by atoms with Gasteiger partial charge in [-0.1, -0.05) is 12.1 Å². The lowest BCUT2D eigenvalue weighted by atomic mass is 9.65. The number of hydrogen-bond acceptors (Lipinski definition) is 3. The molecule has 0 radical (unpaired) electrons. The van der Waals surface area contributed by atoms with Crippen LogP contribution < -0.4 is 4.74 Å². The predicted molar refractivity (Wildman–Crippen MR) is 60.4 cm³/mol. The van der Waals surface area contributed by atoms with E-state index >= 15 is 0 Å². The molecule has 3 heteroatoms. The number of phenols is 1. The summed E-state index contributed by atoms with van der Waals surface area (Å²) < 4.78 is 5.33. The predicted octanol–water partition coefficient (Wildman–Crippen LogP) is 2.74. The van der Waals surface area contributed by atoms with Crippen LogP contribution in [0.3, 0.4) is 0 Å². The summed E-state index contributed by atoms with van der Waals surface area (Å²) in [5, 5.41) is 19.3. The number of phenolic OH excluding ortho intramolecular Hbond substituents is 1. The molecular formula is C13H15NO2. The summed E-state index contributed by atoms with van der Waals surface area (Å²) in [6, 6.07) is 7.70. The Bertz CT molecular complexity index is 430. The van der Waals surface area contributed by atoms with E-state index in [1.165, 1.54) is 0 Å². The van der Waals surface area contributed by atoms with Crippen LogP contribution in [0.25, 0.3) is 0 Å². The van der Waals surface area contributed by atoms with E-state index in [0.717, 1.165) is 19.3 Å². The molecule has 1 fully saturated rings. The van der Waals surface area contributed by atoms with Gasteiger partial charge in [0.2, 0.25) is 0 Å². The third-order valence-corrected chi connectivity index (χ3v) is 3.24. The molecule has 16 heavy (non-hydrogen) atoms. The molecule has 1 saturated carbocycles. The number of rotatable bonds is 3. The van der Waals surface area contributed by atoms with E-state index in [0.29, 0.717) is 17.9 Å². The Morgan fingerprint density at radius 2 is 2.25 bits per heavy atom. The molecule has 0 atom stereocenters. The lowest BCUT2D eigenvalue weighted by Crippen LogP contribution is -2.32. The Morgan fingerprint density at radius 1 is 1.50 bits per heavy atom. The van der Waals surface area contributed by atoms with Gasteiger partial charge in [0.1, 0.15) is 0 Å². The van der Waals surface area contributed by atoms with E-state index in [1.807, 2.05) is 19.1 Å². The number of nitrogens with zero attached hydrogens (tertiary/aromatic N) is 1. The molecule has 0 heterocycles. The second-order valence-corrected chi connectivity index (χ2v) is 4.13. The summed E-state index contributed by atoms with van der Waals surface area (Å²) in [5.41, 5.74) is 0.226. The Labute approximate surface area is 95.3 Å². The van der Waals surface area contributed by atoms with E-state index in [2.05, 4.69) is 6.07 Å². The van der Waals surface area contributed by atoms with Crippen molar-refractivity contribution in [2.75, 3.05) is 6.61 Å². The molecule has 1 aliphatic rings. The quantitative estimate of drug-likeness (QED) is 0.846. The summed E-state index contributed by atoms with van der Waals surface area (Å²) in [6.07, 6.45) is 2.70. The highest BCUT2D eigenvalue weighted by Crippen LogP contribution is 2.48. The molecule has 0 saturated heterocycles. The van der Waals surface area contributed by atoms with Crippen LogP contribution in [0.1, 0.15) is 31.7 Å². The van der Waals surface area contributed by atoms with E-state index in [-0.39, 0.29) is 5.75 Å². The Kier molecular flexibility index (Phi) is 2.74. The molecule has 1 aliphatic carbocycles. The van der Waals surface area contributed by atoms with Crippen molar-refractivity contribution in [3.63, 3.8) is 0 Å². The summed E-state index contributed by atoms with van der Waals surface area (Å²) in [6.45, 7) is 2.38. The van der Waals surface area contributed by atoms with Crippen molar-refractivity contribution in [3.05, 3.63) is 23.8 Å². The molecule has 2 rings (SSSR count). The minimum atomic E-state index is -0.489. The largest absolute Gasteiger partial charge is 0.504 e. The highest BCUT2D eigenvalue weighted by molar-refractivity contribution is 5.52. The number of para-hydroxylation sites is 1. The standard InChI is InChI=1S/C13H15NO2/c1-2-16-11-6-3-5-10(12(11)15)13(9-14)7-4-8-13/h3,5-6,15H,2,4,7-8H2,1H3. The first-order valence-electron chi connectivity index (χ1n) is 5.60. The zero-order valence-corrected chi connectivity index (χ0v) is 9.36. The maximum atomic E-state index is 10.1. The molecule has 1 N–H and O–H groups in total. The fraction of sp³-hybridized carbons (Fsp3) is 0.462. The van der Waals surface area contributed by atoms with Gasteiger partial charge in [-0.15, -0.1) is 0 Å². The van der Waals surface area contributed by atoms with Gasteiger partial charge in [-0.2, -0.15) is 5.26 Å². The summed E-state index contributed by atoms with van der Waals surface area (Å²) >= 11 is 0. The van der Waals surface area contributed by atoms with Crippen LogP contribution in [0, 0.1) is 11.3 Å². The van der Waals surface area contributed by atoms with Gasteiger partial charge in [0.05, 0.1) is 18.1 Å². The SMILES string of the molecule is CCOc1cccc(C2(C#N)CCC2)c1O. The maximum absolute atomic E-state index is 10.1. The van der Waals surface area contributed by atoms with Crippen molar-refractivity contribution in [2.45, 2.75) is 31.6 Å². The first-order chi connectivity index (χ1) is 7.73. The van der Waals surface area contributed by atoms with Crippen LogP contribution in [-0.2, 0) is 5.41 Å². The van der Waals surface area contributed by atoms with Gasteiger partial charge in [0.25, 0.3) is 0 Å². The van der Waals surface area contributed by atoms with Crippen molar-refractivity contribution in [3.8, 4) is 17.6 Å². The average molecular weight is 217 g/mol. The van der Waals surface area contributed by atoms with Crippen LogP contribution in [0.4, 0.5) is 0 Å². The second kappa shape index (κ2) is 4.05. The molecule has 0 bridgehead atoms. The van der Waals surface area contributed by atoms with Crippen LogP contribution in [0.15, 0.2) is 18.2 Å². The first-order valence-corrected chi connectivity index (χ1v) is 5.60. The fourth-order valence-corrected chi connectivity index (χ4v) is 2.15. The second-order valence-electron chi connectivity index (χ2n) is 4.13. The van der Waals surface area contributed by atoms with E-state index < -0.39 is 5.41 Å². The summed E-state index contributed by atoms with van der Waals surface area (Å²) in [7, 11) is 0. The van der Waals surface area contributed by atoms with Crippen molar-refractivity contribution < 1.29 is 9.84 Å². The molecule has 0 amide bonds. The highest BCUT2D eigenvalue weighted by Gasteiger charge is 2.41. The Balaban J connectivity index is 2.42. The maximum Gasteiger partial charge on any atom is 0.162 e. The molecule has 1 aromatic carbocycles. The molecule has 1 aromatic rings. The van der Waals surface area contributed by atoms with E-state index in [9.17, 15) is 10.4 Å². The van der Waals surface area contributed by atoms with Crippen LogP contribution in [0.5, 0.6) is 11.5 Å². The molecule has 3 nitrogen and oxygen atoms in total. The van der Waals surface area contributed by atoms with Crippen LogP contribution in [0.2, 0.25) is 0 Å². The smallest absolute Gasteiger partial charge is 0.162 e. The molecule has 0 aliphatic heterocycles. The van der Waals surface area contributed by atoms with Crippen molar-refractivity contribution in [2.24, 2.45) is 0 Å². The van der Waals surface area contributed by atoms with Gasteiger partial charge in [-0.25, -0.2) is 0 Å². The zero-order chi connectivity index (χ0) is 11.6. The summed E-state index contributed by atoms with van der Waals surface area (Å²) in [4.78, 5) is 0. The zero-order valence-electron chi connectivity index (χ0n) is 9.36. The molecular weight excluding hydrogens is 202 g/mol. The lowest BCUT2D eigenvalue weighted by Gasteiger charge is -2.36. The van der Waals surface area contributed by atoms with Crippen molar-refractivity contribution in [1.82, 2.24) is 0 Å². The fourth-order valence-electron chi connectivity index (χ4n) is 2.15. The minimum Gasteiger partial charge on any atom is -0.504 e. The normalized spacial score (nSPS) is 17.2. The topological polar surface area (TPSA) is 53.2 Å². The molecule has 0 unspecified atom stereocenters. The minimum absolute atomic E-state index is 0.130. The Morgan fingerprint density at radius 3 is 2.75 bits per heavy atom. The van der Waals surface area contributed by atoms with Gasteiger partial charge in [0, 0.05) is 5.56 Å². The van der Waals surface area contributed by atoms with Crippen LogP contribution in [-0.4, -0.2) is 11.7 Å². The van der Waals surface area contributed by atoms with Gasteiger partial charge >= 0.3 is 0 Å². The molecule has 0 aromatic heterocycles. The van der Waals surface area contributed by atoms with Gasteiger partial charge in [-0.3, -0.25) is 0 Å².